The fourth-order valence-electron chi connectivity index (χ4n) is 1.86. The first-order valence-electron chi connectivity index (χ1n) is 6.05. The first kappa shape index (κ1) is 13.7. The van der Waals surface area contributed by atoms with Gasteiger partial charge in [0.25, 0.3) is 0 Å². The molecule has 1 aromatic heterocycles. The maximum atomic E-state index is 13.6. The second-order valence-electron chi connectivity index (χ2n) is 4.65. The van der Waals surface area contributed by atoms with E-state index in [0.29, 0.717) is 18.5 Å². The number of halogens is 1. The number of benzene rings is 1. The molecule has 0 aliphatic heterocycles. The summed E-state index contributed by atoms with van der Waals surface area (Å²) in [5.41, 5.74) is -0.211. The molecule has 0 saturated carbocycles. The largest absolute Gasteiger partial charge is 0.294 e. The van der Waals surface area contributed by atoms with Crippen molar-refractivity contribution >= 4 is 11.3 Å². The number of thiophene rings is 1. The van der Waals surface area contributed by atoms with Crippen LogP contribution in [0.4, 0.5) is 4.39 Å². The summed E-state index contributed by atoms with van der Waals surface area (Å²) in [6, 6.07) is 12.8. The Bertz CT molecular complexity index is 574. The van der Waals surface area contributed by atoms with Crippen LogP contribution >= 0.6 is 11.3 Å². The topological polar surface area (TPSA) is 35.8 Å². The summed E-state index contributed by atoms with van der Waals surface area (Å²) >= 11 is 1.64. The monoisotopic (exact) mass is 274 g/mol. The lowest BCUT2D eigenvalue weighted by Crippen LogP contribution is -2.42. The quantitative estimate of drug-likeness (QED) is 0.905. The van der Waals surface area contributed by atoms with Gasteiger partial charge in [-0.2, -0.15) is 5.26 Å². The predicted octanol–water partition coefficient (Wildman–Crippen LogP) is 3.50. The number of nitriles is 1. The molecule has 2 nitrogen and oxygen atoms in total. The van der Waals surface area contributed by atoms with E-state index in [1.165, 1.54) is 6.07 Å². The van der Waals surface area contributed by atoms with Gasteiger partial charge >= 0.3 is 0 Å². The van der Waals surface area contributed by atoms with Gasteiger partial charge in [-0.15, -0.1) is 11.3 Å². The number of nitrogens with one attached hydrogen (secondary N) is 1. The predicted molar refractivity (Wildman–Crippen MR) is 75.3 cm³/mol. The molecule has 2 rings (SSSR count). The van der Waals surface area contributed by atoms with Crippen molar-refractivity contribution in [2.24, 2.45) is 0 Å². The zero-order chi connectivity index (χ0) is 13.7. The minimum atomic E-state index is -0.772. The molecule has 98 valence electrons. The molecule has 1 N–H and O–H groups in total. The highest BCUT2D eigenvalue weighted by atomic mass is 32.1. The lowest BCUT2D eigenvalue weighted by atomic mass is 9.94. The van der Waals surface area contributed by atoms with Crippen LogP contribution < -0.4 is 5.32 Å². The van der Waals surface area contributed by atoms with Gasteiger partial charge in [0.05, 0.1) is 6.07 Å². The molecule has 0 spiro atoms. The Morgan fingerprint density at radius 2 is 2.11 bits per heavy atom. The Labute approximate surface area is 116 Å². The van der Waals surface area contributed by atoms with Crippen molar-refractivity contribution < 1.29 is 4.39 Å². The van der Waals surface area contributed by atoms with Gasteiger partial charge in [0.1, 0.15) is 11.4 Å². The Kier molecular flexibility index (Phi) is 4.31. The minimum absolute atomic E-state index is 0.262. The van der Waals surface area contributed by atoms with Gasteiger partial charge in [-0.05, 0) is 30.0 Å². The highest BCUT2D eigenvalue weighted by Gasteiger charge is 2.25. The van der Waals surface area contributed by atoms with E-state index in [4.69, 9.17) is 0 Å². The van der Waals surface area contributed by atoms with E-state index in [1.54, 1.807) is 36.5 Å². The van der Waals surface area contributed by atoms with Crippen molar-refractivity contribution in [1.82, 2.24) is 5.32 Å². The Morgan fingerprint density at radius 3 is 2.74 bits per heavy atom. The Hall–Kier alpha value is -1.70. The van der Waals surface area contributed by atoms with Crippen molar-refractivity contribution in [1.29, 1.82) is 5.26 Å². The van der Waals surface area contributed by atoms with Crippen LogP contribution in [0.1, 0.15) is 17.4 Å². The summed E-state index contributed by atoms with van der Waals surface area (Å²) in [7, 11) is 0. The molecule has 0 radical (unpaired) electrons. The Morgan fingerprint density at radius 1 is 1.32 bits per heavy atom. The highest BCUT2D eigenvalue weighted by molar-refractivity contribution is 7.09. The van der Waals surface area contributed by atoms with Crippen LogP contribution in [-0.2, 0) is 13.0 Å². The molecule has 0 aliphatic rings. The number of rotatable bonds is 5. The smallest absolute Gasteiger partial charge is 0.126 e. The molecule has 0 fully saturated rings. The molecular weight excluding hydrogens is 259 g/mol. The summed E-state index contributed by atoms with van der Waals surface area (Å²) in [6.45, 7) is 2.42. The fourth-order valence-corrected chi connectivity index (χ4v) is 2.50. The van der Waals surface area contributed by atoms with Crippen LogP contribution in [0.2, 0.25) is 0 Å². The van der Waals surface area contributed by atoms with E-state index in [2.05, 4.69) is 11.4 Å². The van der Waals surface area contributed by atoms with Crippen molar-refractivity contribution in [3.63, 3.8) is 0 Å². The van der Waals surface area contributed by atoms with E-state index in [1.807, 2.05) is 17.5 Å². The summed E-state index contributed by atoms with van der Waals surface area (Å²) in [6.07, 6.45) is 0.349. The third kappa shape index (κ3) is 3.63. The first-order chi connectivity index (χ1) is 9.13. The third-order valence-electron chi connectivity index (χ3n) is 2.98. The molecule has 0 aliphatic carbocycles. The van der Waals surface area contributed by atoms with Gasteiger partial charge in [0.15, 0.2) is 0 Å². The van der Waals surface area contributed by atoms with Crippen molar-refractivity contribution in [3.05, 3.63) is 58.0 Å². The van der Waals surface area contributed by atoms with E-state index in [-0.39, 0.29) is 5.82 Å². The van der Waals surface area contributed by atoms with Gasteiger partial charge in [-0.1, -0.05) is 24.3 Å². The van der Waals surface area contributed by atoms with Gasteiger partial charge in [0, 0.05) is 17.8 Å². The zero-order valence-electron chi connectivity index (χ0n) is 10.7. The molecule has 1 atom stereocenters. The second-order valence-corrected chi connectivity index (χ2v) is 5.68. The minimum Gasteiger partial charge on any atom is -0.294 e. The normalized spacial score (nSPS) is 13.7. The van der Waals surface area contributed by atoms with E-state index in [9.17, 15) is 9.65 Å². The molecule has 4 heteroatoms. The lowest BCUT2D eigenvalue weighted by Gasteiger charge is -2.23. The SMILES string of the molecule is CC(C#N)(Cc1ccccc1F)NCc1cccs1. The zero-order valence-corrected chi connectivity index (χ0v) is 11.5. The number of nitrogens with zero attached hydrogens (tertiary/aromatic N) is 1. The molecular formula is C15H15FN2S. The van der Waals surface area contributed by atoms with Gasteiger partial charge < -0.3 is 0 Å². The maximum absolute atomic E-state index is 13.6. The molecule has 1 aromatic carbocycles. The summed E-state index contributed by atoms with van der Waals surface area (Å²) in [5, 5.41) is 14.5. The summed E-state index contributed by atoms with van der Waals surface area (Å²) < 4.78 is 13.6. The average molecular weight is 274 g/mol. The van der Waals surface area contributed by atoms with Gasteiger partial charge in [-0.3, -0.25) is 5.32 Å². The summed E-state index contributed by atoms with van der Waals surface area (Å²) in [4.78, 5) is 1.16. The standard InChI is InChI=1S/C15H15FN2S/c1-15(11-17,18-10-13-6-4-8-19-13)9-12-5-2-3-7-14(12)16/h2-8,18H,9-10H2,1H3. The second kappa shape index (κ2) is 5.96. The van der Waals surface area contributed by atoms with Crippen molar-refractivity contribution in [3.8, 4) is 6.07 Å². The molecule has 0 amide bonds. The van der Waals surface area contributed by atoms with Gasteiger partial charge in [0.2, 0.25) is 0 Å². The lowest BCUT2D eigenvalue weighted by molar-refractivity contribution is 0.436. The van der Waals surface area contributed by atoms with Crippen molar-refractivity contribution in [2.75, 3.05) is 0 Å². The van der Waals surface area contributed by atoms with E-state index >= 15 is 0 Å². The third-order valence-corrected chi connectivity index (χ3v) is 3.86. The van der Waals surface area contributed by atoms with Crippen LogP contribution in [0.5, 0.6) is 0 Å². The number of hydrogen-bond acceptors (Lipinski definition) is 3. The molecule has 2 aromatic rings. The summed E-state index contributed by atoms with van der Waals surface area (Å²) in [5.74, 6) is -0.262. The number of hydrogen-bond donors (Lipinski definition) is 1. The van der Waals surface area contributed by atoms with Crippen LogP contribution in [-0.4, -0.2) is 5.54 Å². The molecule has 19 heavy (non-hydrogen) atoms. The first-order valence-corrected chi connectivity index (χ1v) is 6.93. The maximum Gasteiger partial charge on any atom is 0.126 e. The van der Waals surface area contributed by atoms with Crippen LogP contribution in [0.25, 0.3) is 0 Å². The highest BCUT2D eigenvalue weighted by Crippen LogP contribution is 2.17. The Balaban J connectivity index is 2.06. The van der Waals surface area contributed by atoms with E-state index < -0.39 is 5.54 Å². The van der Waals surface area contributed by atoms with Crippen LogP contribution in [0, 0.1) is 17.1 Å². The molecule has 1 heterocycles. The molecule has 0 saturated heterocycles. The molecule has 0 bridgehead atoms. The van der Waals surface area contributed by atoms with Crippen LogP contribution in [0.3, 0.4) is 0 Å². The average Bonchev–Trinajstić information content (AvgIpc) is 2.93. The fraction of sp³-hybridized carbons (Fsp3) is 0.267. The van der Waals surface area contributed by atoms with Crippen molar-refractivity contribution in [2.45, 2.75) is 25.4 Å². The van der Waals surface area contributed by atoms with Crippen LogP contribution in [0.15, 0.2) is 41.8 Å². The van der Waals surface area contributed by atoms with Gasteiger partial charge in [-0.25, -0.2) is 4.39 Å². The molecule has 1 unspecified atom stereocenters. The van der Waals surface area contributed by atoms with E-state index in [0.717, 1.165) is 4.88 Å².